The number of likely N-dealkylation sites (tertiary alicyclic amines) is 1. The van der Waals surface area contributed by atoms with E-state index in [9.17, 15) is 0 Å². The number of aryl methyl sites for hydroxylation is 1. The molecule has 2 aromatic rings. The Balaban J connectivity index is 1.66. The molecule has 0 bridgehead atoms. The minimum atomic E-state index is 0.541. The third kappa shape index (κ3) is 3.08. The molecule has 1 saturated heterocycles. The molecule has 5 nitrogen and oxygen atoms in total. The molecule has 0 aliphatic carbocycles. The number of nitrogens with zero attached hydrogens (tertiary/aromatic N) is 4. The summed E-state index contributed by atoms with van der Waals surface area (Å²) < 4.78 is 1.99. The van der Waals surface area contributed by atoms with E-state index in [0.717, 1.165) is 23.9 Å². The number of nitrogens with one attached hydrogen (secondary N) is 1. The zero-order chi connectivity index (χ0) is 14.8. The van der Waals surface area contributed by atoms with E-state index in [1.165, 1.54) is 12.8 Å². The molecule has 2 atom stereocenters. The lowest BCUT2D eigenvalue weighted by Gasteiger charge is -2.35. The predicted molar refractivity (Wildman–Crippen MR) is 84.8 cm³/mol. The van der Waals surface area contributed by atoms with Gasteiger partial charge in [-0.15, -0.1) is 0 Å². The third-order valence-corrected chi connectivity index (χ3v) is 4.40. The standard InChI is InChI=1S/C16H23N5/c1-12-10-14(6-8-20(12)3)19-15-4-5-16(18-11-15)21-9-7-17-13(21)2/h4-5,7,9,11-12,14,19H,6,8,10H2,1-3H3. The van der Waals surface area contributed by atoms with Gasteiger partial charge in [0, 0.05) is 31.0 Å². The molecule has 112 valence electrons. The van der Waals surface area contributed by atoms with E-state index >= 15 is 0 Å². The van der Waals surface area contributed by atoms with E-state index in [-0.39, 0.29) is 0 Å². The zero-order valence-electron chi connectivity index (χ0n) is 13.0. The molecule has 1 aliphatic rings. The maximum atomic E-state index is 4.53. The van der Waals surface area contributed by atoms with Crippen LogP contribution in [-0.2, 0) is 0 Å². The number of imidazole rings is 1. The van der Waals surface area contributed by atoms with Gasteiger partial charge in [0.15, 0.2) is 0 Å². The monoisotopic (exact) mass is 285 g/mol. The molecule has 2 aromatic heterocycles. The van der Waals surface area contributed by atoms with Crippen LogP contribution in [0.15, 0.2) is 30.7 Å². The van der Waals surface area contributed by atoms with Crippen LogP contribution in [0.25, 0.3) is 5.82 Å². The van der Waals surface area contributed by atoms with Crippen LogP contribution in [0.4, 0.5) is 5.69 Å². The van der Waals surface area contributed by atoms with Gasteiger partial charge in [0.1, 0.15) is 11.6 Å². The van der Waals surface area contributed by atoms with E-state index in [2.05, 4.69) is 40.2 Å². The highest BCUT2D eigenvalue weighted by Gasteiger charge is 2.22. The Bertz CT molecular complexity index is 589. The quantitative estimate of drug-likeness (QED) is 0.941. The van der Waals surface area contributed by atoms with E-state index in [4.69, 9.17) is 0 Å². The molecular formula is C16H23N5. The molecule has 1 fully saturated rings. The number of pyridine rings is 1. The molecule has 1 N–H and O–H groups in total. The Hall–Kier alpha value is -1.88. The van der Waals surface area contributed by atoms with Crippen molar-refractivity contribution in [3.63, 3.8) is 0 Å². The van der Waals surface area contributed by atoms with Crippen molar-refractivity contribution in [3.8, 4) is 5.82 Å². The fraction of sp³-hybridized carbons (Fsp3) is 0.500. The highest BCUT2D eigenvalue weighted by Crippen LogP contribution is 2.20. The second-order valence-corrected chi connectivity index (χ2v) is 5.94. The molecule has 3 heterocycles. The summed E-state index contributed by atoms with van der Waals surface area (Å²) in [7, 11) is 2.20. The fourth-order valence-electron chi connectivity index (χ4n) is 2.89. The van der Waals surface area contributed by atoms with Crippen LogP contribution in [0.5, 0.6) is 0 Å². The highest BCUT2D eigenvalue weighted by molar-refractivity contribution is 5.44. The minimum absolute atomic E-state index is 0.541. The largest absolute Gasteiger partial charge is 0.381 e. The van der Waals surface area contributed by atoms with Crippen LogP contribution in [0, 0.1) is 6.92 Å². The summed E-state index contributed by atoms with van der Waals surface area (Å²) in [5, 5.41) is 3.60. The number of aromatic nitrogens is 3. The average molecular weight is 285 g/mol. The Morgan fingerprint density at radius 3 is 2.76 bits per heavy atom. The van der Waals surface area contributed by atoms with Gasteiger partial charge in [-0.25, -0.2) is 9.97 Å². The van der Waals surface area contributed by atoms with Gasteiger partial charge in [-0.1, -0.05) is 0 Å². The smallest absolute Gasteiger partial charge is 0.138 e. The fourth-order valence-corrected chi connectivity index (χ4v) is 2.89. The van der Waals surface area contributed by atoms with Crippen molar-refractivity contribution in [2.75, 3.05) is 18.9 Å². The second kappa shape index (κ2) is 5.85. The lowest BCUT2D eigenvalue weighted by atomic mass is 9.99. The van der Waals surface area contributed by atoms with Crippen LogP contribution in [0.1, 0.15) is 25.6 Å². The zero-order valence-corrected chi connectivity index (χ0v) is 13.0. The van der Waals surface area contributed by atoms with E-state index < -0.39 is 0 Å². The van der Waals surface area contributed by atoms with Crippen molar-refractivity contribution in [3.05, 3.63) is 36.5 Å². The summed E-state index contributed by atoms with van der Waals surface area (Å²) in [6, 6.07) is 5.32. The summed E-state index contributed by atoms with van der Waals surface area (Å²) >= 11 is 0. The summed E-state index contributed by atoms with van der Waals surface area (Å²) in [5.41, 5.74) is 1.10. The van der Waals surface area contributed by atoms with Crippen LogP contribution < -0.4 is 5.32 Å². The maximum Gasteiger partial charge on any atom is 0.138 e. The number of hydrogen-bond acceptors (Lipinski definition) is 4. The van der Waals surface area contributed by atoms with Gasteiger partial charge < -0.3 is 10.2 Å². The van der Waals surface area contributed by atoms with Gasteiger partial charge in [0.2, 0.25) is 0 Å². The third-order valence-electron chi connectivity index (χ3n) is 4.40. The van der Waals surface area contributed by atoms with Crippen molar-refractivity contribution in [1.82, 2.24) is 19.4 Å². The van der Waals surface area contributed by atoms with Crippen molar-refractivity contribution in [1.29, 1.82) is 0 Å². The normalized spacial score (nSPS) is 23.2. The van der Waals surface area contributed by atoms with E-state index in [1.54, 1.807) is 6.20 Å². The van der Waals surface area contributed by atoms with Crippen molar-refractivity contribution in [2.45, 2.75) is 38.8 Å². The molecule has 0 saturated carbocycles. The van der Waals surface area contributed by atoms with Gasteiger partial charge in [0.05, 0.1) is 11.9 Å². The molecule has 0 radical (unpaired) electrons. The lowest BCUT2D eigenvalue weighted by molar-refractivity contribution is 0.190. The molecule has 0 spiro atoms. The molecule has 1 aliphatic heterocycles. The Morgan fingerprint density at radius 2 is 2.14 bits per heavy atom. The number of rotatable bonds is 3. The first kappa shape index (κ1) is 14.1. The second-order valence-electron chi connectivity index (χ2n) is 5.94. The first-order chi connectivity index (χ1) is 10.1. The Kier molecular flexibility index (Phi) is 3.92. The van der Waals surface area contributed by atoms with Gasteiger partial charge in [0.25, 0.3) is 0 Å². The number of anilines is 1. The van der Waals surface area contributed by atoms with Crippen molar-refractivity contribution < 1.29 is 0 Å². The topological polar surface area (TPSA) is 46.0 Å². The van der Waals surface area contributed by atoms with Crippen LogP contribution >= 0.6 is 0 Å². The molecule has 2 unspecified atom stereocenters. The Labute approximate surface area is 126 Å². The Morgan fingerprint density at radius 1 is 1.29 bits per heavy atom. The summed E-state index contributed by atoms with van der Waals surface area (Å²) in [6.45, 7) is 5.42. The van der Waals surface area contributed by atoms with Crippen LogP contribution in [0.2, 0.25) is 0 Å². The van der Waals surface area contributed by atoms with Crippen LogP contribution in [-0.4, -0.2) is 45.1 Å². The van der Waals surface area contributed by atoms with Gasteiger partial charge in [-0.2, -0.15) is 0 Å². The molecule has 3 rings (SSSR count). The molecule has 0 aromatic carbocycles. The molecule has 21 heavy (non-hydrogen) atoms. The van der Waals surface area contributed by atoms with Gasteiger partial charge in [-0.05, 0) is 45.9 Å². The predicted octanol–water partition coefficient (Wildman–Crippen LogP) is 2.47. The SMILES string of the molecule is Cc1nccn1-c1ccc(NC2CCN(C)C(C)C2)cn1. The van der Waals surface area contributed by atoms with Crippen molar-refractivity contribution >= 4 is 5.69 Å². The van der Waals surface area contributed by atoms with Crippen LogP contribution in [0.3, 0.4) is 0 Å². The van der Waals surface area contributed by atoms with Gasteiger partial charge >= 0.3 is 0 Å². The lowest BCUT2D eigenvalue weighted by Crippen LogP contribution is -2.42. The first-order valence-corrected chi connectivity index (χ1v) is 7.56. The van der Waals surface area contributed by atoms with Gasteiger partial charge in [-0.3, -0.25) is 4.57 Å². The highest BCUT2D eigenvalue weighted by atomic mass is 15.1. The summed E-state index contributed by atoms with van der Waals surface area (Å²) in [6.07, 6.45) is 8.01. The summed E-state index contributed by atoms with van der Waals surface area (Å²) in [5.74, 6) is 1.86. The average Bonchev–Trinajstić information content (AvgIpc) is 2.90. The number of piperidine rings is 1. The molecule has 0 amide bonds. The first-order valence-electron chi connectivity index (χ1n) is 7.56. The molecular weight excluding hydrogens is 262 g/mol. The number of hydrogen-bond donors (Lipinski definition) is 1. The minimum Gasteiger partial charge on any atom is -0.381 e. The maximum absolute atomic E-state index is 4.53. The summed E-state index contributed by atoms with van der Waals surface area (Å²) in [4.78, 5) is 11.2. The van der Waals surface area contributed by atoms with E-state index in [0.29, 0.717) is 12.1 Å². The molecule has 5 heteroatoms. The van der Waals surface area contributed by atoms with Crippen molar-refractivity contribution in [2.24, 2.45) is 0 Å². The van der Waals surface area contributed by atoms with E-state index in [1.807, 2.05) is 30.0 Å².